The van der Waals surface area contributed by atoms with Gasteiger partial charge < -0.3 is 0 Å². The number of hydrogen-bond donors (Lipinski definition) is 0. The van der Waals surface area contributed by atoms with Crippen molar-refractivity contribution in [2.45, 2.75) is 13.8 Å². The van der Waals surface area contributed by atoms with E-state index >= 15 is 0 Å². The number of aromatic nitrogens is 2. The molecule has 1 rings (SSSR count). The molecule has 2 heteroatoms. The Hall–Kier alpha value is -1.18. The molecule has 0 aliphatic rings. The van der Waals surface area contributed by atoms with Gasteiger partial charge in [0.1, 0.15) is 0 Å². The third-order valence-corrected chi connectivity index (χ3v) is 1.41. The van der Waals surface area contributed by atoms with Crippen molar-refractivity contribution in [3.05, 3.63) is 30.1 Å². The Morgan fingerprint density at radius 3 is 2.90 bits per heavy atom. The van der Waals surface area contributed by atoms with Crippen LogP contribution in [0.25, 0.3) is 5.57 Å². The lowest BCUT2D eigenvalue weighted by Crippen LogP contribution is -1.86. The summed E-state index contributed by atoms with van der Waals surface area (Å²) in [6, 6.07) is 3.83. The summed E-state index contributed by atoms with van der Waals surface area (Å²) in [6.45, 7) is 4.01. The lowest BCUT2D eigenvalue weighted by atomic mass is 10.2. The van der Waals surface area contributed by atoms with Gasteiger partial charge in [-0.1, -0.05) is 6.08 Å². The molecule has 1 aromatic heterocycles. The van der Waals surface area contributed by atoms with Crippen LogP contribution in [0.1, 0.15) is 19.5 Å². The van der Waals surface area contributed by atoms with Crippen molar-refractivity contribution in [3.8, 4) is 0 Å². The molecular formula is C8H10N2. The number of hydrogen-bond acceptors (Lipinski definition) is 2. The summed E-state index contributed by atoms with van der Waals surface area (Å²) >= 11 is 0. The molecule has 2 nitrogen and oxygen atoms in total. The number of allylic oxidation sites excluding steroid dienone is 2. The minimum atomic E-state index is 0.949. The fraction of sp³-hybridized carbons (Fsp3) is 0.250. The molecule has 0 saturated heterocycles. The van der Waals surface area contributed by atoms with E-state index in [0.717, 1.165) is 11.3 Å². The number of rotatable bonds is 1. The van der Waals surface area contributed by atoms with Gasteiger partial charge in [0.2, 0.25) is 0 Å². The number of nitrogens with zero attached hydrogens (tertiary/aromatic N) is 2. The molecule has 0 unspecified atom stereocenters. The van der Waals surface area contributed by atoms with Crippen LogP contribution in [0.3, 0.4) is 0 Å². The van der Waals surface area contributed by atoms with E-state index in [0.29, 0.717) is 0 Å². The Morgan fingerprint density at radius 1 is 1.60 bits per heavy atom. The maximum absolute atomic E-state index is 3.93. The molecule has 0 aromatic carbocycles. The van der Waals surface area contributed by atoms with Crippen LogP contribution in [0.4, 0.5) is 0 Å². The molecule has 0 N–H and O–H groups in total. The van der Waals surface area contributed by atoms with Crippen LogP contribution in [-0.2, 0) is 0 Å². The van der Waals surface area contributed by atoms with E-state index in [1.165, 1.54) is 0 Å². The molecule has 0 bridgehead atoms. The van der Waals surface area contributed by atoms with E-state index in [2.05, 4.69) is 10.2 Å². The van der Waals surface area contributed by atoms with E-state index in [1.807, 2.05) is 32.1 Å². The lowest BCUT2D eigenvalue weighted by molar-refractivity contribution is 1.01. The molecule has 0 amide bonds. The van der Waals surface area contributed by atoms with Crippen molar-refractivity contribution < 1.29 is 0 Å². The maximum atomic E-state index is 3.93. The molecule has 0 radical (unpaired) electrons. The smallest absolute Gasteiger partial charge is 0.0883 e. The van der Waals surface area contributed by atoms with Crippen LogP contribution in [0.5, 0.6) is 0 Å². The van der Waals surface area contributed by atoms with Crippen LogP contribution in [0, 0.1) is 0 Å². The topological polar surface area (TPSA) is 25.8 Å². The zero-order chi connectivity index (χ0) is 7.40. The first-order valence-electron chi connectivity index (χ1n) is 3.25. The van der Waals surface area contributed by atoms with Gasteiger partial charge in [0, 0.05) is 6.20 Å². The lowest BCUT2D eigenvalue weighted by Gasteiger charge is -1.94. The molecule has 0 spiro atoms. The Bertz CT molecular complexity index is 226. The monoisotopic (exact) mass is 134 g/mol. The van der Waals surface area contributed by atoms with E-state index in [4.69, 9.17) is 0 Å². The molecule has 10 heavy (non-hydrogen) atoms. The highest BCUT2D eigenvalue weighted by atomic mass is 15.1. The molecule has 0 saturated carbocycles. The average Bonchev–Trinajstić information content (AvgIpc) is 2.05. The second-order valence-electron chi connectivity index (χ2n) is 2.08. The van der Waals surface area contributed by atoms with Crippen molar-refractivity contribution in [1.82, 2.24) is 10.2 Å². The molecule has 1 heterocycles. The van der Waals surface area contributed by atoms with Crippen LogP contribution in [0.2, 0.25) is 0 Å². The maximum Gasteiger partial charge on any atom is 0.0883 e. The zero-order valence-electron chi connectivity index (χ0n) is 6.20. The van der Waals surface area contributed by atoms with Gasteiger partial charge in [-0.05, 0) is 31.6 Å². The van der Waals surface area contributed by atoms with E-state index in [-0.39, 0.29) is 0 Å². The largest absolute Gasteiger partial charge is 0.159 e. The van der Waals surface area contributed by atoms with Gasteiger partial charge in [0.05, 0.1) is 5.69 Å². The summed E-state index contributed by atoms with van der Waals surface area (Å²) in [5.74, 6) is 0. The van der Waals surface area contributed by atoms with Crippen molar-refractivity contribution in [1.29, 1.82) is 0 Å². The third-order valence-electron chi connectivity index (χ3n) is 1.41. The molecule has 0 aliphatic carbocycles. The first-order valence-corrected chi connectivity index (χ1v) is 3.25. The van der Waals surface area contributed by atoms with Gasteiger partial charge in [-0.3, -0.25) is 0 Å². The van der Waals surface area contributed by atoms with Crippen LogP contribution >= 0.6 is 0 Å². The third kappa shape index (κ3) is 1.41. The molecule has 0 atom stereocenters. The Balaban J connectivity index is 2.96. The van der Waals surface area contributed by atoms with Crippen molar-refractivity contribution in [2.24, 2.45) is 0 Å². The van der Waals surface area contributed by atoms with Gasteiger partial charge >= 0.3 is 0 Å². The highest BCUT2D eigenvalue weighted by Crippen LogP contribution is 2.06. The second-order valence-corrected chi connectivity index (χ2v) is 2.08. The quantitative estimate of drug-likeness (QED) is 0.586. The first-order chi connectivity index (χ1) is 4.84. The minimum absolute atomic E-state index is 0.949. The summed E-state index contributed by atoms with van der Waals surface area (Å²) in [5, 5.41) is 7.69. The van der Waals surface area contributed by atoms with Crippen LogP contribution in [0.15, 0.2) is 24.4 Å². The highest BCUT2D eigenvalue weighted by molar-refractivity contribution is 5.59. The molecule has 1 aromatic rings. The highest BCUT2D eigenvalue weighted by Gasteiger charge is 1.91. The Kier molecular flexibility index (Phi) is 2.15. The summed E-state index contributed by atoms with van der Waals surface area (Å²) in [6.07, 6.45) is 3.69. The Morgan fingerprint density at radius 2 is 2.40 bits per heavy atom. The van der Waals surface area contributed by atoms with Gasteiger partial charge in [-0.25, -0.2) is 0 Å². The van der Waals surface area contributed by atoms with E-state index in [9.17, 15) is 0 Å². The van der Waals surface area contributed by atoms with Gasteiger partial charge in [0.25, 0.3) is 0 Å². The predicted octanol–water partition coefficient (Wildman–Crippen LogP) is 1.90. The Labute approximate surface area is 60.6 Å². The van der Waals surface area contributed by atoms with Gasteiger partial charge in [0.15, 0.2) is 0 Å². The molecular weight excluding hydrogens is 124 g/mol. The van der Waals surface area contributed by atoms with E-state index in [1.54, 1.807) is 6.20 Å². The first kappa shape index (κ1) is 6.93. The second kappa shape index (κ2) is 3.11. The van der Waals surface area contributed by atoms with Crippen LogP contribution in [-0.4, -0.2) is 10.2 Å². The van der Waals surface area contributed by atoms with Crippen molar-refractivity contribution in [3.63, 3.8) is 0 Å². The predicted molar refractivity (Wildman–Crippen MR) is 41.4 cm³/mol. The fourth-order valence-electron chi connectivity index (χ4n) is 0.660. The average molecular weight is 134 g/mol. The standard InChI is InChI=1S/C8H10N2/c1-3-7(2)8-5-4-6-9-10-8/h3-6H,1-2H3/b7-3+. The summed E-state index contributed by atoms with van der Waals surface area (Å²) in [5.41, 5.74) is 2.11. The molecule has 0 fully saturated rings. The normalized spacial score (nSPS) is 11.6. The summed E-state index contributed by atoms with van der Waals surface area (Å²) in [7, 11) is 0. The summed E-state index contributed by atoms with van der Waals surface area (Å²) in [4.78, 5) is 0. The van der Waals surface area contributed by atoms with Crippen LogP contribution < -0.4 is 0 Å². The summed E-state index contributed by atoms with van der Waals surface area (Å²) < 4.78 is 0. The van der Waals surface area contributed by atoms with Gasteiger partial charge in [-0.2, -0.15) is 10.2 Å². The molecule has 52 valence electrons. The SMILES string of the molecule is C/C=C(\C)c1cccnn1. The van der Waals surface area contributed by atoms with Gasteiger partial charge in [-0.15, -0.1) is 0 Å². The minimum Gasteiger partial charge on any atom is -0.159 e. The van der Waals surface area contributed by atoms with Crippen molar-refractivity contribution in [2.75, 3.05) is 0 Å². The molecule has 0 aliphatic heterocycles. The van der Waals surface area contributed by atoms with E-state index < -0.39 is 0 Å². The fourth-order valence-corrected chi connectivity index (χ4v) is 0.660. The zero-order valence-corrected chi connectivity index (χ0v) is 6.20. The van der Waals surface area contributed by atoms with Crippen molar-refractivity contribution >= 4 is 5.57 Å².